The third kappa shape index (κ3) is 3.14. The number of ether oxygens (including phenoxy) is 1. The van der Waals surface area contributed by atoms with Gasteiger partial charge >= 0.3 is 0 Å². The molecule has 0 unspecified atom stereocenters. The van der Waals surface area contributed by atoms with Gasteiger partial charge in [-0.1, -0.05) is 23.2 Å². The second-order valence-electron chi connectivity index (χ2n) is 4.37. The highest BCUT2D eigenvalue weighted by atomic mass is 35.5. The van der Waals surface area contributed by atoms with Crippen LogP contribution >= 0.6 is 23.2 Å². The molecule has 0 saturated carbocycles. The molecule has 0 aromatic heterocycles. The van der Waals surface area contributed by atoms with Crippen molar-refractivity contribution in [3.8, 4) is 5.75 Å². The molecule has 0 aliphatic rings. The van der Waals surface area contributed by atoms with E-state index in [0.717, 1.165) is 10.4 Å². The van der Waals surface area contributed by atoms with E-state index in [1.165, 1.54) is 44.5 Å². The molecule has 4 nitrogen and oxygen atoms in total. The van der Waals surface area contributed by atoms with Crippen molar-refractivity contribution < 1.29 is 17.5 Å². The number of rotatable bonds is 4. The molecule has 0 N–H and O–H groups in total. The first-order chi connectivity index (χ1) is 10.3. The third-order valence-electron chi connectivity index (χ3n) is 3.05. The van der Waals surface area contributed by atoms with E-state index in [1.54, 1.807) is 0 Å². The van der Waals surface area contributed by atoms with Crippen LogP contribution in [0.25, 0.3) is 0 Å². The molecule has 22 heavy (non-hydrogen) atoms. The summed E-state index contributed by atoms with van der Waals surface area (Å²) in [5.74, 6) is -0.790. The van der Waals surface area contributed by atoms with Crippen molar-refractivity contribution in [3.05, 3.63) is 52.3 Å². The maximum Gasteiger partial charge on any atom is 0.264 e. The summed E-state index contributed by atoms with van der Waals surface area (Å²) in [7, 11) is -1.29. The zero-order chi connectivity index (χ0) is 16.5. The monoisotopic (exact) mass is 363 g/mol. The predicted molar refractivity (Wildman–Crippen MR) is 85.0 cm³/mol. The van der Waals surface area contributed by atoms with Crippen LogP contribution in [0.5, 0.6) is 5.75 Å². The Morgan fingerprint density at radius 3 is 2.32 bits per heavy atom. The van der Waals surface area contributed by atoms with Crippen LogP contribution in [0.1, 0.15) is 0 Å². The molecule has 0 spiro atoms. The third-order valence-corrected chi connectivity index (χ3v) is 5.57. The molecule has 8 heteroatoms. The maximum absolute atomic E-state index is 13.7. The number of sulfonamides is 1. The van der Waals surface area contributed by atoms with Crippen molar-refractivity contribution in [1.29, 1.82) is 0 Å². The molecule has 0 aliphatic carbocycles. The van der Waals surface area contributed by atoms with Gasteiger partial charge in [-0.15, -0.1) is 0 Å². The summed E-state index contributed by atoms with van der Waals surface area (Å²) in [6, 6.07) is 7.84. The van der Waals surface area contributed by atoms with Gasteiger partial charge in [-0.3, -0.25) is 4.31 Å². The second kappa shape index (κ2) is 6.32. The lowest BCUT2D eigenvalue weighted by molar-refractivity contribution is 0.385. The quantitative estimate of drug-likeness (QED) is 0.825. The van der Waals surface area contributed by atoms with Crippen LogP contribution in [-0.4, -0.2) is 22.6 Å². The fourth-order valence-electron chi connectivity index (χ4n) is 1.79. The minimum Gasteiger partial charge on any atom is -0.494 e. The predicted octanol–water partition coefficient (Wildman–Crippen LogP) is 3.97. The summed E-state index contributed by atoms with van der Waals surface area (Å²) in [6.07, 6.45) is 0. The highest BCUT2D eigenvalue weighted by Crippen LogP contribution is 2.30. The first kappa shape index (κ1) is 16.9. The number of anilines is 1. The summed E-state index contributed by atoms with van der Waals surface area (Å²) in [6.45, 7) is 0. The Morgan fingerprint density at radius 2 is 1.77 bits per heavy atom. The number of methoxy groups -OCH3 is 1. The number of hydrogen-bond acceptors (Lipinski definition) is 3. The number of hydrogen-bond donors (Lipinski definition) is 0. The van der Waals surface area contributed by atoms with Crippen LogP contribution in [0.15, 0.2) is 41.3 Å². The molecule has 0 radical (unpaired) electrons. The molecule has 0 heterocycles. The second-order valence-corrected chi connectivity index (χ2v) is 7.15. The summed E-state index contributed by atoms with van der Waals surface area (Å²) in [5, 5.41) is 0.536. The van der Waals surface area contributed by atoms with Gasteiger partial charge in [0.2, 0.25) is 0 Å². The van der Waals surface area contributed by atoms with E-state index in [0.29, 0.717) is 10.7 Å². The van der Waals surface area contributed by atoms with E-state index < -0.39 is 15.8 Å². The Morgan fingerprint density at radius 1 is 1.09 bits per heavy atom. The molecular formula is C14H12Cl2FNO3S. The standard InChI is InChI=1S/C14H12Cl2FNO3S/c1-18(9-3-5-11(15)12(16)7-9)22(19,20)10-4-6-14(21-2)13(17)8-10/h3-8H,1-2H3. The van der Waals surface area contributed by atoms with Crippen LogP contribution in [0, 0.1) is 5.82 Å². The van der Waals surface area contributed by atoms with E-state index >= 15 is 0 Å². The minimum atomic E-state index is -3.93. The fourth-order valence-corrected chi connectivity index (χ4v) is 3.28. The average Bonchev–Trinajstić information content (AvgIpc) is 2.49. The van der Waals surface area contributed by atoms with Gasteiger partial charge < -0.3 is 4.74 Å². The van der Waals surface area contributed by atoms with Gasteiger partial charge in [0.1, 0.15) is 0 Å². The molecule has 2 aromatic rings. The highest BCUT2D eigenvalue weighted by molar-refractivity contribution is 7.92. The first-order valence-electron chi connectivity index (χ1n) is 6.05. The van der Waals surface area contributed by atoms with Crippen LogP contribution in [0.4, 0.5) is 10.1 Å². The average molecular weight is 364 g/mol. The molecular weight excluding hydrogens is 352 g/mol. The molecule has 0 saturated heterocycles. The number of benzene rings is 2. The molecule has 0 bridgehead atoms. The normalized spacial score (nSPS) is 11.3. The summed E-state index contributed by atoms with van der Waals surface area (Å²) < 4.78 is 44.5. The van der Waals surface area contributed by atoms with Gasteiger partial charge in [0.05, 0.1) is 27.7 Å². The molecule has 2 rings (SSSR count). The molecule has 0 aliphatic heterocycles. The molecule has 0 atom stereocenters. The maximum atomic E-state index is 13.7. The van der Waals surface area contributed by atoms with Gasteiger partial charge in [-0.2, -0.15) is 0 Å². The zero-order valence-electron chi connectivity index (χ0n) is 11.7. The summed E-state index contributed by atoms with van der Waals surface area (Å²) >= 11 is 11.7. The van der Waals surface area contributed by atoms with Crippen molar-refractivity contribution in [2.75, 3.05) is 18.5 Å². The van der Waals surface area contributed by atoms with Crippen LogP contribution in [0.3, 0.4) is 0 Å². The molecule has 2 aromatic carbocycles. The van der Waals surface area contributed by atoms with Crippen LogP contribution in [-0.2, 0) is 10.0 Å². The van der Waals surface area contributed by atoms with Gasteiger partial charge in [0.25, 0.3) is 10.0 Å². The van der Waals surface area contributed by atoms with Gasteiger partial charge in [-0.25, -0.2) is 12.8 Å². The van der Waals surface area contributed by atoms with E-state index in [2.05, 4.69) is 0 Å². The Hall–Kier alpha value is -1.50. The lowest BCUT2D eigenvalue weighted by Gasteiger charge is -2.20. The highest BCUT2D eigenvalue weighted by Gasteiger charge is 2.23. The van der Waals surface area contributed by atoms with Crippen molar-refractivity contribution >= 4 is 38.9 Å². The van der Waals surface area contributed by atoms with Crippen molar-refractivity contribution in [2.24, 2.45) is 0 Å². The Balaban J connectivity index is 2.44. The zero-order valence-corrected chi connectivity index (χ0v) is 14.0. The lowest BCUT2D eigenvalue weighted by atomic mass is 10.3. The van der Waals surface area contributed by atoms with Crippen molar-refractivity contribution in [2.45, 2.75) is 4.90 Å². The van der Waals surface area contributed by atoms with E-state index in [9.17, 15) is 12.8 Å². The SMILES string of the molecule is COc1ccc(S(=O)(=O)N(C)c2ccc(Cl)c(Cl)c2)cc1F. The van der Waals surface area contributed by atoms with E-state index in [4.69, 9.17) is 27.9 Å². The van der Waals surface area contributed by atoms with Gasteiger partial charge in [0, 0.05) is 7.05 Å². The van der Waals surface area contributed by atoms with Crippen LogP contribution < -0.4 is 9.04 Å². The van der Waals surface area contributed by atoms with Gasteiger partial charge in [0.15, 0.2) is 11.6 Å². The Bertz CT molecular complexity index is 812. The van der Waals surface area contributed by atoms with E-state index in [1.807, 2.05) is 0 Å². The minimum absolute atomic E-state index is 0.0314. The van der Waals surface area contributed by atoms with Gasteiger partial charge in [-0.05, 0) is 36.4 Å². The molecule has 0 fully saturated rings. The molecule has 118 valence electrons. The topological polar surface area (TPSA) is 46.6 Å². The van der Waals surface area contributed by atoms with Crippen molar-refractivity contribution in [1.82, 2.24) is 0 Å². The lowest BCUT2D eigenvalue weighted by Crippen LogP contribution is -2.26. The molecule has 0 amide bonds. The summed E-state index contributed by atoms with van der Waals surface area (Å²) in [4.78, 5) is -0.195. The smallest absolute Gasteiger partial charge is 0.264 e. The summed E-state index contributed by atoms with van der Waals surface area (Å²) in [5.41, 5.74) is 0.311. The van der Waals surface area contributed by atoms with Crippen molar-refractivity contribution in [3.63, 3.8) is 0 Å². The fraction of sp³-hybridized carbons (Fsp3) is 0.143. The Kier molecular flexibility index (Phi) is 4.84. The first-order valence-corrected chi connectivity index (χ1v) is 8.24. The Labute approximate surface area is 138 Å². The number of nitrogens with zero attached hydrogens (tertiary/aromatic N) is 1. The van der Waals surface area contributed by atoms with E-state index in [-0.39, 0.29) is 15.7 Å². The largest absolute Gasteiger partial charge is 0.494 e. The van der Waals surface area contributed by atoms with Crippen LogP contribution in [0.2, 0.25) is 10.0 Å². The number of halogens is 3.